The molecule has 1 amide bonds. The second-order valence-corrected chi connectivity index (χ2v) is 5.37. The molecule has 0 saturated carbocycles. The number of nitrogens with zero attached hydrogens (tertiary/aromatic N) is 2. The molecule has 3 rings (SSSR count). The summed E-state index contributed by atoms with van der Waals surface area (Å²) in [7, 11) is 1.83. The summed E-state index contributed by atoms with van der Waals surface area (Å²) in [4.78, 5) is 18.3. The van der Waals surface area contributed by atoms with Gasteiger partial charge in [-0.15, -0.1) is 0 Å². The van der Waals surface area contributed by atoms with Gasteiger partial charge in [-0.25, -0.2) is 4.98 Å². The molecule has 2 aromatic rings. The van der Waals surface area contributed by atoms with Crippen LogP contribution in [0.2, 0.25) is 5.15 Å². The van der Waals surface area contributed by atoms with Crippen molar-refractivity contribution in [2.45, 2.75) is 18.9 Å². The van der Waals surface area contributed by atoms with Crippen molar-refractivity contribution in [3.8, 4) is 0 Å². The zero-order chi connectivity index (χ0) is 14.1. The molecular weight excluding hydrogens is 272 g/mol. The van der Waals surface area contributed by atoms with E-state index in [1.54, 1.807) is 23.2 Å². The van der Waals surface area contributed by atoms with Crippen LogP contribution in [0.1, 0.15) is 33.9 Å². The summed E-state index contributed by atoms with van der Waals surface area (Å²) in [6.07, 6.45) is 3.56. The molecule has 1 aromatic heterocycles. The van der Waals surface area contributed by atoms with E-state index < -0.39 is 0 Å². The summed E-state index contributed by atoms with van der Waals surface area (Å²) in [6.45, 7) is 0. The minimum Gasteiger partial charge on any atom is -0.335 e. The van der Waals surface area contributed by atoms with E-state index in [1.807, 2.05) is 19.2 Å². The van der Waals surface area contributed by atoms with Gasteiger partial charge in [0.15, 0.2) is 0 Å². The zero-order valence-electron chi connectivity index (χ0n) is 11.2. The predicted molar refractivity (Wildman–Crippen MR) is 78.8 cm³/mol. The Kier molecular flexibility index (Phi) is 3.45. The predicted octanol–water partition coefficient (Wildman–Crippen LogP) is 3.49. The highest BCUT2D eigenvalue weighted by molar-refractivity contribution is 6.32. The number of amides is 1. The van der Waals surface area contributed by atoms with E-state index in [0.29, 0.717) is 5.56 Å². The Bertz CT molecular complexity index is 656. The molecule has 3 nitrogen and oxygen atoms in total. The lowest BCUT2D eigenvalue weighted by Gasteiger charge is -2.25. The lowest BCUT2D eigenvalue weighted by molar-refractivity contribution is 0.0730. The van der Waals surface area contributed by atoms with Gasteiger partial charge in [-0.1, -0.05) is 35.9 Å². The number of hydrogen-bond donors (Lipinski definition) is 0. The van der Waals surface area contributed by atoms with Gasteiger partial charge in [0.25, 0.3) is 5.91 Å². The van der Waals surface area contributed by atoms with E-state index in [1.165, 1.54) is 11.1 Å². The average molecular weight is 287 g/mol. The molecule has 0 spiro atoms. The lowest BCUT2D eigenvalue weighted by atomic mass is 10.1. The number of aryl methyl sites for hydroxylation is 1. The fourth-order valence-electron chi connectivity index (χ4n) is 2.81. The van der Waals surface area contributed by atoms with Crippen molar-refractivity contribution in [2.75, 3.05) is 7.05 Å². The van der Waals surface area contributed by atoms with Crippen LogP contribution in [0.3, 0.4) is 0 Å². The zero-order valence-corrected chi connectivity index (χ0v) is 12.0. The highest BCUT2D eigenvalue weighted by Gasteiger charge is 2.29. The van der Waals surface area contributed by atoms with Gasteiger partial charge in [0, 0.05) is 13.2 Å². The quantitative estimate of drug-likeness (QED) is 0.792. The van der Waals surface area contributed by atoms with E-state index in [-0.39, 0.29) is 17.1 Å². The molecule has 1 unspecified atom stereocenters. The molecule has 0 bridgehead atoms. The van der Waals surface area contributed by atoms with Crippen LogP contribution in [0.15, 0.2) is 42.6 Å². The summed E-state index contributed by atoms with van der Waals surface area (Å²) >= 11 is 6.01. The Hall–Kier alpha value is -1.87. The molecule has 0 radical (unpaired) electrons. The van der Waals surface area contributed by atoms with E-state index >= 15 is 0 Å². The van der Waals surface area contributed by atoms with Crippen LogP contribution in [-0.2, 0) is 6.42 Å². The van der Waals surface area contributed by atoms with E-state index in [9.17, 15) is 4.79 Å². The van der Waals surface area contributed by atoms with Crippen molar-refractivity contribution in [3.63, 3.8) is 0 Å². The standard InChI is InChI=1S/C16H15ClN2O/c1-19(16(20)13-7-4-10-18-15(13)17)14-9-8-11-5-2-3-6-12(11)14/h2-7,10,14H,8-9H2,1H3. The topological polar surface area (TPSA) is 33.2 Å². The van der Waals surface area contributed by atoms with Crippen LogP contribution in [0.25, 0.3) is 0 Å². The highest BCUT2D eigenvalue weighted by Crippen LogP contribution is 2.35. The molecular formula is C16H15ClN2O. The SMILES string of the molecule is CN(C(=O)c1cccnc1Cl)C1CCc2ccccc21. The maximum atomic E-state index is 12.6. The second kappa shape index (κ2) is 5.25. The molecule has 20 heavy (non-hydrogen) atoms. The Morgan fingerprint density at radius 3 is 2.90 bits per heavy atom. The first-order valence-electron chi connectivity index (χ1n) is 6.64. The molecule has 1 aliphatic rings. The molecule has 4 heteroatoms. The number of carbonyl (C=O) groups excluding carboxylic acids is 1. The first-order valence-corrected chi connectivity index (χ1v) is 7.02. The Morgan fingerprint density at radius 1 is 1.30 bits per heavy atom. The number of halogens is 1. The van der Waals surface area contributed by atoms with Crippen LogP contribution in [0.4, 0.5) is 0 Å². The number of benzene rings is 1. The second-order valence-electron chi connectivity index (χ2n) is 5.01. The van der Waals surface area contributed by atoms with Gasteiger partial charge < -0.3 is 4.90 Å². The van der Waals surface area contributed by atoms with Crippen LogP contribution < -0.4 is 0 Å². The molecule has 1 atom stereocenters. The maximum Gasteiger partial charge on any atom is 0.257 e. The third kappa shape index (κ3) is 2.18. The number of rotatable bonds is 2. The fourth-order valence-corrected chi connectivity index (χ4v) is 3.01. The van der Waals surface area contributed by atoms with Crippen molar-refractivity contribution in [3.05, 3.63) is 64.4 Å². The van der Waals surface area contributed by atoms with Gasteiger partial charge in [-0.3, -0.25) is 4.79 Å². The lowest BCUT2D eigenvalue weighted by Crippen LogP contribution is -2.30. The summed E-state index contributed by atoms with van der Waals surface area (Å²) in [5.74, 6) is -0.0789. The van der Waals surface area contributed by atoms with Crippen molar-refractivity contribution in [2.24, 2.45) is 0 Å². The number of pyridine rings is 1. The van der Waals surface area contributed by atoms with E-state index in [4.69, 9.17) is 11.6 Å². The molecule has 0 fully saturated rings. The summed E-state index contributed by atoms with van der Waals surface area (Å²) in [6, 6.07) is 11.9. The highest BCUT2D eigenvalue weighted by atomic mass is 35.5. The molecule has 0 aliphatic heterocycles. The molecule has 0 saturated heterocycles. The van der Waals surface area contributed by atoms with E-state index in [0.717, 1.165) is 12.8 Å². The molecule has 1 aliphatic carbocycles. The normalized spacial score (nSPS) is 16.8. The third-order valence-electron chi connectivity index (χ3n) is 3.88. The van der Waals surface area contributed by atoms with Crippen LogP contribution >= 0.6 is 11.6 Å². The third-order valence-corrected chi connectivity index (χ3v) is 4.18. The van der Waals surface area contributed by atoms with Gasteiger partial charge in [0.1, 0.15) is 5.15 Å². The van der Waals surface area contributed by atoms with Gasteiger partial charge in [0.05, 0.1) is 11.6 Å². The van der Waals surface area contributed by atoms with Gasteiger partial charge in [-0.2, -0.15) is 0 Å². The van der Waals surface area contributed by atoms with Gasteiger partial charge in [-0.05, 0) is 36.1 Å². The first kappa shape index (κ1) is 13.1. The summed E-state index contributed by atoms with van der Waals surface area (Å²) in [5.41, 5.74) is 3.03. The Balaban J connectivity index is 1.89. The van der Waals surface area contributed by atoms with Crippen molar-refractivity contribution in [1.29, 1.82) is 0 Å². The fraction of sp³-hybridized carbons (Fsp3) is 0.250. The molecule has 102 valence electrons. The number of aromatic nitrogens is 1. The Morgan fingerprint density at radius 2 is 2.10 bits per heavy atom. The molecule has 0 N–H and O–H groups in total. The number of fused-ring (bicyclic) bond motifs is 1. The largest absolute Gasteiger partial charge is 0.335 e. The van der Waals surface area contributed by atoms with Gasteiger partial charge >= 0.3 is 0 Å². The minimum atomic E-state index is -0.0789. The first-order chi connectivity index (χ1) is 9.68. The maximum absolute atomic E-state index is 12.6. The van der Waals surface area contributed by atoms with Crippen molar-refractivity contribution < 1.29 is 4.79 Å². The molecule has 1 aromatic carbocycles. The smallest absolute Gasteiger partial charge is 0.257 e. The summed E-state index contributed by atoms with van der Waals surface area (Å²) < 4.78 is 0. The minimum absolute atomic E-state index is 0.0789. The van der Waals surface area contributed by atoms with Gasteiger partial charge in [0.2, 0.25) is 0 Å². The number of hydrogen-bond acceptors (Lipinski definition) is 2. The van der Waals surface area contributed by atoms with Crippen LogP contribution in [-0.4, -0.2) is 22.8 Å². The van der Waals surface area contributed by atoms with Crippen LogP contribution in [0, 0.1) is 0 Å². The Labute approximate surface area is 123 Å². The average Bonchev–Trinajstić information content (AvgIpc) is 2.90. The number of carbonyl (C=O) groups is 1. The monoisotopic (exact) mass is 286 g/mol. The van der Waals surface area contributed by atoms with Crippen LogP contribution in [0.5, 0.6) is 0 Å². The van der Waals surface area contributed by atoms with Crippen molar-refractivity contribution in [1.82, 2.24) is 9.88 Å². The summed E-state index contributed by atoms with van der Waals surface area (Å²) in [5, 5.41) is 0.260. The van der Waals surface area contributed by atoms with Crippen molar-refractivity contribution >= 4 is 17.5 Å². The van der Waals surface area contributed by atoms with E-state index in [2.05, 4.69) is 17.1 Å². The molecule has 1 heterocycles.